The van der Waals surface area contributed by atoms with E-state index in [9.17, 15) is 9.18 Å². The lowest BCUT2D eigenvalue weighted by molar-refractivity contribution is -0.117. The summed E-state index contributed by atoms with van der Waals surface area (Å²) in [6.07, 6.45) is 2.03. The Morgan fingerprint density at radius 2 is 1.80 bits per heavy atom. The maximum Gasteiger partial charge on any atom is 0.241 e. The average molecular weight is 407 g/mol. The predicted molar refractivity (Wildman–Crippen MR) is 113 cm³/mol. The van der Waals surface area contributed by atoms with Crippen molar-refractivity contribution in [3.63, 3.8) is 0 Å². The van der Waals surface area contributed by atoms with Crippen LogP contribution in [0.2, 0.25) is 0 Å². The molecule has 0 unspecified atom stereocenters. The van der Waals surface area contributed by atoms with Crippen molar-refractivity contribution in [1.82, 2.24) is 14.8 Å². The Morgan fingerprint density at radius 1 is 1.03 bits per heavy atom. The molecule has 2 aliphatic rings. The first-order valence-electron chi connectivity index (χ1n) is 9.94. The van der Waals surface area contributed by atoms with Gasteiger partial charge in [-0.05, 0) is 36.6 Å². The molecule has 1 fully saturated rings. The van der Waals surface area contributed by atoms with Crippen LogP contribution >= 0.6 is 0 Å². The normalized spacial score (nSPS) is 16.9. The van der Waals surface area contributed by atoms with E-state index in [0.29, 0.717) is 30.9 Å². The second kappa shape index (κ2) is 7.01. The number of carbonyl (C=O) groups excluding carboxylic acids is 1. The molecule has 9 heteroatoms. The zero-order chi connectivity index (χ0) is 20.8. The lowest BCUT2D eigenvalue weighted by atomic mass is 10.0. The van der Waals surface area contributed by atoms with Crippen LogP contribution in [0.25, 0.3) is 5.69 Å². The van der Waals surface area contributed by atoms with E-state index in [1.54, 1.807) is 12.1 Å². The van der Waals surface area contributed by atoms with Gasteiger partial charge in [0.1, 0.15) is 5.82 Å². The number of piperidine rings is 1. The first kappa shape index (κ1) is 18.4. The van der Waals surface area contributed by atoms with E-state index in [1.165, 1.54) is 10.7 Å². The van der Waals surface area contributed by atoms with Crippen LogP contribution in [0.5, 0.6) is 0 Å². The third kappa shape index (κ3) is 3.02. The van der Waals surface area contributed by atoms with Gasteiger partial charge in [0.15, 0.2) is 0 Å². The second-order valence-electron chi connectivity index (χ2n) is 7.66. The number of nitrogen functional groups attached to an aromatic ring is 2. The van der Waals surface area contributed by atoms with Gasteiger partial charge in [-0.25, -0.2) is 4.39 Å². The van der Waals surface area contributed by atoms with Gasteiger partial charge in [0.05, 0.1) is 17.8 Å². The summed E-state index contributed by atoms with van der Waals surface area (Å²) in [6, 6.07) is 12.9. The average Bonchev–Trinajstić information content (AvgIpc) is 3.25. The third-order valence-corrected chi connectivity index (χ3v) is 5.86. The van der Waals surface area contributed by atoms with E-state index in [2.05, 4.69) is 10.1 Å². The fourth-order valence-corrected chi connectivity index (χ4v) is 4.46. The minimum absolute atomic E-state index is 0.0390. The zero-order valence-electron chi connectivity index (χ0n) is 16.3. The molecular formula is C21H22FN7O. The van der Waals surface area contributed by atoms with Crippen LogP contribution in [0.15, 0.2) is 42.5 Å². The van der Waals surface area contributed by atoms with Gasteiger partial charge in [0.25, 0.3) is 0 Å². The molecule has 0 aliphatic carbocycles. The summed E-state index contributed by atoms with van der Waals surface area (Å²) < 4.78 is 16.2. The number of benzene rings is 2. The van der Waals surface area contributed by atoms with Crippen molar-refractivity contribution >= 4 is 29.2 Å². The van der Waals surface area contributed by atoms with Crippen molar-refractivity contribution in [2.45, 2.75) is 25.3 Å². The number of anilines is 4. The minimum atomic E-state index is -0.359. The highest BCUT2D eigenvalue weighted by Crippen LogP contribution is 2.34. The van der Waals surface area contributed by atoms with Gasteiger partial charge in [-0.1, -0.05) is 18.2 Å². The maximum absolute atomic E-state index is 14.9. The maximum atomic E-state index is 14.9. The zero-order valence-corrected chi connectivity index (χ0v) is 16.3. The van der Waals surface area contributed by atoms with Gasteiger partial charge >= 0.3 is 0 Å². The lowest BCUT2D eigenvalue weighted by Crippen LogP contribution is -2.46. The summed E-state index contributed by atoms with van der Waals surface area (Å²) in [4.78, 5) is 20.3. The van der Waals surface area contributed by atoms with Crippen molar-refractivity contribution in [2.75, 3.05) is 34.4 Å². The number of aromatic nitrogens is 3. The van der Waals surface area contributed by atoms with Crippen LogP contribution in [0, 0.1) is 5.82 Å². The molecular weight excluding hydrogens is 385 g/mol. The SMILES string of the molecule is Nc1nc(N)n(-c2ccc(N3CCC(N4C(=O)Cc5ccccc54)CC3)c(F)c2)n1. The van der Waals surface area contributed by atoms with Crippen LogP contribution in [0.3, 0.4) is 0 Å². The van der Waals surface area contributed by atoms with E-state index in [1.807, 2.05) is 34.1 Å². The fraction of sp³-hybridized carbons (Fsp3) is 0.286. The largest absolute Gasteiger partial charge is 0.369 e. The Morgan fingerprint density at radius 3 is 2.50 bits per heavy atom. The summed E-state index contributed by atoms with van der Waals surface area (Å²) in [7, 11) is 0. The number of carbonyl (C=O) groups is 1. The molecule has 1 aromatic heterocycles. The summed E-state index contributed by atoms with van der Waals surface area (Å²) >= 11 is 0. The Balaban J connectivity index is 1.31. The molecule has 30 heavy (non-hydrogen) atoms. The van der Waals surface area contributed by atoms with Crippen molar-refractivity contribution < 1.29 is 9.18 Å². The van der Waals surface area contributed by atoms with E-state index < -0.39 is 0 Å². The Hall–Kier alpha value is -3.62. The molecule has 3 aromatic rings. The minimum Gasteiger partial charge on any atom is -0.369 e. The topological polar surface area (TPSA) is 106 Å². The van der Waals surface area contributed by atoms with Crippen molar-refractivity contribution in [1.29, 1.82) is 0 Å². The smallest absolute Gasteiger partial charge is 0.241 e. The number of halogens is 1. The molecule has 154 valence electrons. The monoisotopic (exact) mass is 407 g/mol. The fourth-order valence-electron chi connectivity index (χ4n) is 4.46. The van der Waals surface area contributed by atoms with E-state index >= 15 is 0 Å². The summed E-state index contributed by atoms with van der Waals surface area (Å²) in [5.74, 6) is -0.0648. The number of amides is 1. The molecule has 4 N–H and O–H groups in total. The number of fused-ring (bicyclic) bond motifs is 1. The van der Waals surface area contributed by atoms with Crippen LogP contribution in [-0.4, -0.2) is 39.8 Å². The van der Waals surface area contributed by atoms with Gasteiger partial charge in [0, 0.05) is 30.9 Å². The molecule has 0 atom stereocenters. The number of hydrogen-bond donors (Lipinski definition) is 2. The highest BCUT2D eigenvalue weighted by atomic mass is 19.1. The van der Waals surface area contributed by atoms with Gasteiger partial charge < -0.3 is 21.3 Å². The van der Waals surface area contributed by atoms with E-state index in [0.717, 1.165) is 24.1 Å². The summed E-state index contributed by atoms with van der Waals surface area (Å²) in [5.41, 5.74) is 14.4. The van der Waals surface area contributed by atoms with Crippen LogP contribution in [0.1, 0.15) is 18.4 Å². The number of rotatable bonds is 3. The van der Waals surface area contributed by atoms with Crippen molar-refractivity contribution in [3.8, 4) is 5.69 Å². The Kier molecular flexibility index (Phi) is 4.30. The number of hydrogen-bond acceptors (Lipinski definition) is 6. The van der Waals surface area contributed by atoms with Crippen LogP contribution in [0.4, 0.5) is 27.7 Å². The first-order valence-corrected chi connectivity index (χ1v) is 9.94. The van der Waals surface area contributed by atoms with Gasteiger partial charge in [-0.3, -0.25) is 4.79 Å². The molecule has 3 heterocycles. The van der Waals surface area contributed by atoms with Gasteiger partial charge in [-0.15, -0.1) is 5.10 Å². The van der Waals surface area contributed by atoms with Crippen molar-refractivity contribution in [2.24, 2.45) is 0 Å². The summed E-state index contributed by atoms with van der Waals surface area (Å²) in [6.45, 7) is 1.34. The molecule has 8 nitrogen and oxygen atoms in total. The van der Waals surface area contributed by atoms with E-state index in [-0.39, 0.29) is 29.7 Å². The van der Waals surface area contributed by atoms with Gasteiger partial charge in [-0.2, -0.15) is 9.67 Å². The molecule has 0 saturated carbocycles. The molecule has 2 aromatic carbocycles. The summed E-state index contributed by atoms with van der Waals surface area (Å²) in [5, 5.41) is 3.98. The third-order valence-electron chi connectivity index (χ3n) is 5.86. The number of para-hydroxylation sites is 1. The van der Waals surface area contributed by atoms with Crippen LogP contribution < -0.4 is 21.3 Å². The molecule has 0 radical (unpaired) electrons. The lowest BCUT2D eigenvalue weighted by Gasteiger charge is -2.38. The second-order valence-corrected chi connectivity index (χ2v) is 7.66. The highest BCUT2D eigenvalue weighted by Gasteiger charge is 2.35. The molecule has 1 saturated heterocycles. The number of nitrogens with two attached hydrogens (primary N) is 2. The van der Waals surface area contributed by atoms with Gasteiger partial charge in [0.2, 0.25) is 17.8 Å². The standard InChI is InChI=1S/C21H22FN7O/c22-16-12-15(29-21(24)25-20(23)26-29)5-6-18(16)27-9-7-14(8-10-27)28-17-4-2-1-3-13(17)11-19(28)30/h1-6,12,14H,7-11H2,(H4,23,24,25,26). The molecule has 0 spiro atoms. The molecule has 1 amide bonds. The van der Waals surface area contributed by atoms with E-state index in [4.69, 9.17) is 11.5 Å². The van der Waals surface area contributed by atoms with Crippen LogP contribution in [-0.2, 0) is 11.2 Å². The first-order chi connectivity index (χ1) is 14.5. The Labute approximate surface area is 172 Å². The Bertz CT molecular complexity index is 1120. The van der Waals surface area contributed by atoms with Crippen molar-refractivity contribution in [3.05, 3.63) is 53.8 Å². The number of nitrogens with zero attached hydrogens (tertiary/aromatic N) is 5. The molecule has 0 bridgehead atoms. The molecule has 5 rings (SSSR count). The highest BCUT2D eigenvalue weighted by molar-refractivity contribution is 6.01. The molecule has 2 aliphatic heterocycles. The predicted octanol–water partition coefficient (Wildman–Crippen LogP) is 2.13. The quantitative estimate of drug-likeness (QED) is 0.689.